The molecule has 1 fully saturated rings. The van der Waals surface area contributed by atoms with Crippen molar-refractivity contribution in [1.82, 2.24) is 4.31 Å². The van der Waals surface area contributed by atoms with Crippen LogP contribution in [-0.2, 0) is 10.0 Å². The van der Waals surface area contributed by atoms with E-state index < -0.39 is 15.9 Å². The van der Waals surface area contributed by atoms with Crippen molar-refractivity contribution in [2.24, 2.45) is 0 Å². The molecule has 144 valence electrons. The number of carbonyl (C=O) groups excluding carboxylic acids is 1. The van der Waals surface area contributed by atoms with Crippen molar-refractivity contribution >= 4 is 37.5 Å². The van der Waals surface area contributed by atoms with Gasteiger partial charge < -0.3 is 15.2 Å². The lowest BCUT2D eigenvalue weighted by Gasteiger charge is -2.17. The third-order valence-electron chi connectivity index (χ3n) is 4.33. The molecule has 0 bridgehead atoms. The van der Waals surface area contributed by atoms with Crippen LogP contribution in [0.15, 0.2) is 45.8 Å². The summed E-state index contributed by atoms with van der Waals surface area (Å²) in [6.07, 6.45) is 1.65. The Bertz CT molecular complexity index is 972. The number of aromatic hydroxyl groups is 1. The highest BCUT2D eigenvalue weighted by atomic mass is 79.9. The topological polar surface area (TPSA) is 95.9 Å². The maximum Gasteiger partial charge on any atom is 0.255 e. The zero-order valence-corrected chi connectivity index (χ0v) is 17.0. The number of methoxy groups -OCH3 is 1. The number of ether oxygens (including phenoxy) is 1. The number of anilines is 1. The molecule has 9 heteroatoms. The van der Waals surface area contributed by atoms with Gasteiger partial charge in [-0.2, -0.15) is 4.31 Å². The molecule has 1 saturated heterocycles. The average Bonchev–Trinajstić information content (AvgIpc) is 3.18. The molecule has 0 saturated carbocycles. The van der Waals surface area contributed by atoms with Crippen LogP contribution in [0.2, 0.25) is 0 Å². The van der Waals surface area contributed by atoms with E-state index in [4.69, 9.17) is 4.74 Å². The monoisotopic (exact) mass is 454 g/mol. The van der Waals surface area contributed by atoms with E-state index in [0.29, 0.717) is 28.9 Å². The van der Waals surface area contributed by atoms with Gasteiger partial charge in [0.2, 0.25) is 10.0 Å². The Balaban J connectivity index is 1.86. The number of nitrogens with zero attached hydrogens (tertiary/aromatic N) is 1. The van der Waals surface area contributed by atoms with Gasteiger partial charge in [0.25, 0.3) is 5.91 Å². The van der Waals surface area contributed by atoms with Gasteiger partial charge >= 0.3 is 0 Å². The molecule has 2 N–H and O–H groups in total. The second kappa shape index (κ2) is 7.87. The van der Waals surface area contributed by atoms with Gasteiger partial charge in [0, 0.05) is 18.7 Å². The molecule has 1 aliphatic heterocycles. The molecule has 7 nitrogen and oxygen atoms in total. The summed E-state index contributed by atoms with van der Waals surface area (Å²) in [4.78, 5) is 12.5. The number of benzene rings is 2. The summed E-state index contributed by atoms with van der Waals surface area (Å²) in [5, 5.41) is 12.6. The summed E-state index contributed by atoms with van der Waals surface area (Å²) in [6.45, 7) is 0.954. The molecular formula is C18H19BrN2O5S. The number of hydrogen-bond donors (Lipinski definition) is 2. The molecule has 0 aromatic heterocycles. The summed E-state index contributed by atoms with van der Waals surface area (Å²) in [7, 11) is -2.13. The molecule has 0 spiro atoms. The van der Waals surface area contributed by atoms with Crippen molar-refractivity contribution in [2.45, 2.75) is 17.7 Å². The molecule has 0 radical (unpaired) electrons. The Morgan fingerprint density at radius 1 is 1.19 bits per heavy atom. The minimum atomic E-state index is -3.65. The third-order valence-corrected chi connectivity index (χ3v) is 6.85. The molecular weight excluding hydrogens is 436 g/mol. The van der Waals surface area contributed by atoms with Crippen molar-refractivity contribution in [3.05, 3.63) is 46.4 Å². The maximum atomic E-state index is 12.7. The number of rotatable bonds is 5. The standard InChI is InChI=1S/C18H19BrN2O5S/c1-26-17-7-4-12(10-14(17)19)18(23)20-15-11-13(5-6-16(15)22)27(24,25)21-8-2-3-9-21/h4-7,10-11,22H,2-3,8-9H2,1H3,(H,20,23). The summed E-state index contributed by atoms with van der Waals surface area (Å²) in [5.74, 6) is -0.117. The second-order valence-electron chi connectivity index (χ2n) is 6.09. The highest BCUT2D eigenvalue weighted by Crippen LogP contribution is 2.30. The number of phenols is 1. The summed E-state index contributed by atoms with van der Waals surface area (Å²) < 4.78 is 32.5. The Hall–Kier alpha value is -2.10. The molecule has 1 aliphatic rings. The maximum absolute atomic E-state index is 12.7. The van der Waals surface area contributed by atoms with Gasteiger partial charge in [-0.05, 0) is 65.2 Å². The normalized spacial score (nSPS) is 14.9. The fourth-order valence-electron chi connectivity index (χ4n) is 2.86. The second-order valence-corrected chi connectivity index (χ2v) is 8.89. The number of nitrogens with one attached hydrogen (secondary N) is 1. The van der Waals surface area contributed by atoms with Crippen molar-refractivity contribution in [3.63, 3.8) is 0 Å². The van der Waals surface area contributed by atoms with Crippen LogP contribution >= 0.6 is 15.9 Å². The molecule has 0 aliphatic carbocycles. The smallest absolute Gasteiger partial charge is 0.255 e. The fourth-order valence-corrected chi connectivity index (χ4v) is 4.94. The van der Waals surface area contributed by atoms with Crippen LogP contribution in [0.5, 0.6) is 11.5 Å². The van der Waals surface area contributed by atoms with Crippen molar-refractivity contribution < 1.29 is 23.1 Å². The van der Waals surface area contributed by atoms with E-state index in [-0.39, 0.29) is 16.3 Å². The van der Waals surface area contributed by atoms with Gasteiger partial charge in [-0.3, -0.25) is 4.79 Å². The van der Waals surface area contributed by atoms with E-state index >= 15 is 0 Å². The number of hydrogen-bond acceptors (Lipinski definition) is 5. The Kier molecular flexibility index (Phi) is 5.73. The number of amides is 1. The van der Waals surface area contributed by atoms with Crippen LogP contribution < -0.4 is 10.1 Å². The third kappa shape index (κ3) is 4.10. The van der Waals surface area contributed by atoms with Gasteiger partial charge in [-0.1, -0.05) is 0 Å². The van der Waals surface area contributed by atoms with Crippen molar-refractivity contribution in [3.8, 4) is 11.5 Å². The number of halogens is 1. The molecule has 0 atom stereocenters. The average molecular weight is 455 g/mol. The van der Waals surface area contributed by atoms with Crippen LogP contribution in [-0.4, -0.2) is 43.9 Å². The van der Waals surface area contributed by atoms with Crippen LogP contribution in [0, 0.1) is 0 Å². The summed E-state index contributed by atoms with van der Waals surface area (Å²) >= 11 is 3.31. The lowest BCUT2D eigenvalue weighted by molar-refractivity contribution is 0.102. The van der Waals surface area contributed by atoms with E-state index in [0.717, 1.165) is 12.8 Å². The van der Waals surface area contributed by atoms with Crippen molar-refractivity contribution in [2.75, 3.05) is 25.5 Å². The quantitative estimate of drug-likeness (QED) is 0.676. The Labute approximate surface area is 166 Å². The van der Waals surface area contributed by atoms with Gasteiger partial charge in [-0.25, -0.2) is 8.42 Å². The SMILES string of the molecule is COc1ccc(C(=O)Nc2cc(S(=O)(=O)N3CCCC3)ccc2O)cc1Br. The first kappa shape index (κ1) is 19.7. The predicted octanol–water partition coefficient (Wildman–Crippen LogP) is 3.20. The number of carbonyl (C=O) groups is 1. The summed E-state index contributed by atoms with van der Waals surface area (Å²) in [5.41, 5.74) is 0.363. The van der Waals surface area contributed by atoms with E-state index in [1.54, 1.807) is 18.2 Å². The van der Waals surface area contributed by atoms with Crippen LogP contribution in [0.1, 0.15) is 23.2 Å². The highest BCUT2D eigenvalue weighted by Gasteiger charge is 2.28. The summed E-state index contributed by atoms with van der Waals surface area (Å²) in [6, 6.07) is 8.66. The minimum Gasteiger partial charge on any atom is -0.506 e. The first-order valence-electron chi connectivity index (χ1n) is 8.31. The first-order chi connectivity index (χ1) is 12.8. The zero-order valence-electron chi connectivity index (χ0n) is 14.6. The van der Waals surface area contributed by atoms with Gasteiger partial charge in [0.15, 0.2) is 0 Å². The molecule has 3 rings (SSSR count). The van der Waals surface area contributed by atoms with Gasteiger partial charge in [0.05, 0.1) is 22.2 Å². The lowest BCUT2D eigenvalue weighted by Crippen LogP contribution is -2.28. The Morgan fingerprint density at radius 2 is 1.89 bits per heavy atom. The molecule has 0 unspecified atom stereocenters. The lowest BCUT2D eigenvalue weighted by atomic mass is 10.2. The van der Waals surface area contributed by atoms with E-state index in [9.17, 15) is 18.3 Å². The van der Waals surface area contributed by atoms with E-state index in [1.165, 1.54) is 29.6 Å². The minimum absolute atomic E-state index is 0.0345. The zero-order chi connectivity index (χ0) is 19.6. The molecule has 1 amide bonds. The van der Waals surface area contributed by atoms with Crippen molar-refractivity contribution in [1.29, 1.82) is 0 Å². The molecule has 27 heavy (non-hydrogen) atoms. The molecule has 2 aromatic rings. The molecule has 2 aromatic carbocycles. The number of sulfonamides is 1. The first-order valence-corrected chi connectivity index (χ1v) is 10.5. The number of phenolic OH excluding ortho intramolecular Hbond substituents is 1. The largest absolute Gasteiger partial charge is 0.506 e. The van der Waals surface area contributed by atoms with Crippen LogP contribution in [0.4, 0.5) is 5.69 Å². The fraction of sp³-hybridized carbons (Fsp3) is 0.278. The van der Waals surface area contributed by atoms with Crippen LogP contribution in [0.25, 0.3) is 0 Å². The van der Waals surface area contributed by atoms with Gasteiger partial charge in [0.1, 0.15) is 11.5 Å². The molecule has 1 heterocycles. The highest BCUT2D eigenvalue weighted by molar-refractivity contribution is 9.10. The van der Waals surface area contributed by atoms with Gasteiger partial charge in [-0.15, -0.1) is 0 Å². The van der Waals surface area contributed by atoms with E-state index in [1.807, 2.05) is 0 Å². The van der Waals surface area contributed by atoms with Crippen LogP contribution in [0.3, 0.4) is 0 Å². The van der Waals surface area contributed by atoms with E-state index in [2.05, 4.69) is 21.2 Å². The Morgan fingerprint density at radius 3 is 2.52 bits per heavy atom. The predicted molar refractivity (Wildman–Crippen MR) is 105 cm³/mol.